The Hall–Kier alpha value is -2.58. The number of benzene rings is 2. The first-order valence-electron chi connectivity index (χ1n) is 9.71. The molecular formula is C22H19Cl3N6S. The minimum Gasteiger partial charge on any atom is -0.316 e. The predicted molar refractivity (Wildman–Crippen MR) is 135 cm³/mol. The van der Waals surface area contributed by atoms with Crippen LogP contribution in [0.2, 0.25) is 15.1 Å². The van der Waals surface area contributed by atoms with Gasteiger partial charge in [0.15, 0.2) is 16.7 Å². The third-order valence-electron chi connectivity index (χ3n) is 4.76. The van der Waals surface area contributed by atoms with Gasteiger partial charge >= 0.3 is 0 Å². The number of halogens is 3. The van der Waals surface area contributed by atoms with E-state index in [0.29, 0.717) is 44.9 Å². The van der Waals surface area contributed by atoms with Crippen LogP contribution in [-0.2, 0) is 13.1 Å². The second-order valence-corrected chi connectivity index (χ2v) is 8.73. The van der Waals surface area contributed by atoms with Crippen molar-refractivity contribution in [3.63, 3.8) is 0 Å². The maximum atomic E-state index is 6.29. The summed E-state index contributed by atoms with van der Waals surface area (Å²) in [5.41, 5.74) is 2.75. The van der Waals surface area contributed by atoms with Crippen LogP contribution in [0.3, 0.4) is 0 Å². The number of nitrogens with one attached hydrogen (secondary N) is 2. The molecule has 0 fully saturated rings. The van der Waals surface area contributed by atoms with Crippen molar-refractivity contribution in [1.29, 1.82) is 0 Å². The number of hydrogen-bond donors (Lipinski definition) is 2. The number of nitrogens with zero attached hydrogens (tertiary/aromatic N) is 4. The van der Waals surface area contributed by atoms with Gasteiger partial charge in [-0.2, -0.15) is 10.2 Å². The van der Waals surface area contributed by atoms with Gasteiger partial charge in [-0.15, -0.1) is 0 Å². The van der Waals surface area contributed by atoms with Crippen molar-refractivity contribution in [2.24, 2.45) is 0 Å². The maximum absolute atomic E-state index is 6.29. The van der Waals surface area contributed by atoms with E-state index in [1.54, 1.807) is 4.68 Å². The highest BCUT2D eigenvalue weighted by atomic mass is 35.5. The normalized spacial score (nSPS) is 10.9. The molecule has 4 aromatic rings. The fourth-order valence-electron chi connectivity index (χ4n) is 3.15. The zero-order chi connectivity index (χ0) is 22.7. The van der Waals surface area contributed by atoms with Crippen LogP contribution >= 0.6 is 47.0 Å². The molecule has 0 atom stereocenters. The van der Waals surface area contributed by atoms with Crippen LogP contribution in [0.15, 0.2) is 60.8 Å². The summed E-state index contributed by atoms with van der Waals surface area (Å²) in [4.78, 5) is 0. The zero-order valence-electron chi connectivity index (χ0n) is 17.0. The molecule has 0 saturated carbocycles. The number of anilines is 2. The van der Waals surface area contributed by atoms with E-state index in [1.807, 2.05) is 72.4 Å². The van der Waals surface area contributed by atoms with Crippen molar-refractivity contribution in [2.45, 2.75) is 20.0 Å². The van der Waals surface area contributed by atoms with E-state index in [-0.39, 0.29) is 0 Å². The Morgan fingerprint density at radius 3 is 2.31 bits per heavy atom. The fourth-order valence-corrected chi connectivity index (χ4v) is 4.07. The van der Waals surface area contributed by atoms with Gasteiger partial charge in [0.05, 0.1) is 13.1 Å². The topological polar surface area (TPSA) is 59.7 Å². The number of rotatable bonds is 6. The number of aryl methyl sites for hydroxylation is 1. The number of hydrogen-bond acceptors (Lipinski definition) is 3. The second kappa shape index (κ2) is 9.92. The molecule has 0 bridgehead atoms. The minimum absolute atomic E-state index is 0.383. The zero-order valence-corrected chi connectivity index (χ0v) is 20.1. The van der Waals surface area contributed by atoms with Gasteiger partial charge in [-0.05, 0) is 42.9 Å². The predicted octanol–water partition coefficient (Wildman–Crippen LogP) is 6.25. The molecule has 0 unspecified atom stereocenters. The lowest BCUT2D eigenvalue weighted by Gasteiger charge is -2.09. The van der Waals surface area contributed by atoms with Crippen molar-refractivity contribution in [1.82, 2.24) is 19.6 Å². The van der Waals surface area contributed by atoms with E-state index in [0.717, 1.165) is 16.8 Å². The van der Waals surface area contributed by atoms with E-state index >= 15 is 0 Å². The van der Waals surface area contributed by atoms with Gasteiger partial charge in [0, 0.05) is 44.7 Å². The van der Waals surface area contributed by atoms with E-state index in [2.05, 4.69) is 20.8 Å². The standard InChI is InChI=1S/C22H19Cl3N6S/c1-14-11-21(29-31(14)13-16-18(24)7-4-8-19(16)25)27-22(32)26-20-9-10-30(28-20)12-15-5-2-3-6-17(15)23/h2-11H,12-13H2,1H3,(H2,26,27,28,29,32). The van der Waals surface area contributed by atoms with Crippen molar-refractivity contribution in [3.05, 3.63) is 92.7 Å². The first kappa shape index (κ1) is 22.6. The molecule has 164 valence electrons. The van der Waals surface area contributed by atoms with Gasteiger partial charge in [0.1, 0.15) is 0 Å². The summed E-state index contributed by atoms with van der Waals surface area (Å²) in [6.07, 6.45) is 1.86. The van der Waals surface area contributed by atoms with Crippen LogP contribution in [0.1, 0.15) is 16.8 Å². The van der Waals surface area contributed by atoms with E-state index in [9.17, 15) is 0 Å². The Kier molecular flexibility index (Phi) is 7.01. The molecule has 2 N–H and O–H groups in total. The first-order valence-corrected chi connectivity index (χ1v) is 11.3. The maximum Gasteiger partial charge on any atom is 0.177 e. The average Bonchev–Trinajstić information content (AvgIpc) is 3.32. The summed E-state index contributed by atoms with van der Waals surface area (Å²) in [7, 11) is 0. The van der Waals surface area contributed by atoms with E-state index in [4.69, 9.17) is 47.0 Å². The van der Waals surface area contributed by atoms with Crippen molar-refractivity contribution < 1.29 is 0 Å². The van der Waals surface area contributed by atoms with Gasteiger partial charge < -0.3 is 10.6 Å². The molecule has 32 heavy (non-hydrogen) atoms. The molecule has 0 radical (unpaired) electrons. The molecule has 2 aromatic heterocycles. The minimum atomic E-state index is 0.383. The SMILES string of the molecule is Cc1cc(NC(=S)Nc2ccn(Cc3ccccc3Cl)n2)nn1Cc1c(Cl)cccc1Cl. The molecule has 6 nitrogen and oxygen atoms in total. The molecule has 10 heteroatoms. The number of aromatic nitrogens is 4. The quantitative estimate of drug-likeness (QED) is 0.303. The second-order valence-electron chi connectivity index (χ2n) is 7.10. The lowest BCUT2D eigenvalue weighted by molar-refractivity contribution is 0.668. The Balaban J connectivity index is 1.38. The highest BCUT2D eigenvalue weighted by Gasteiger charge is 2.11. The molecule has 2 heterocycles. The van der Waals surface area contributed by atoms with Gasteiger partial charge in [0.25, 0.3) is 0 Å². The van der Waals surface area contributed by atoms with Crippen LogP contribution in [0, 0.1) is 6.92 Å². The smallest absolute Gasteiger partial charge is 0.177 e. The molecule has 0 aliphatic heterocycles. The lowest BCUT2D eigenvalue weighted by Crippen LogP contribution is -2.20. The first-order chi connectivity index (χ1) is 15.4. The Morgan fingerprint density at radius 1 is 0.875 bits per heavy atom. The third kappa shape index (κ3) is 5.42. The van der Waals surface area contributed by atoms with Crippen molar-refractivity contribution in [3.8, 4) is 0 Å². The molecular weight excluding hydrogens is 487 g/mol. The van der Waals surface area contributed by atoms with Gasteiger partial charge in [-0.25, -0.2) is 0 Å². The monoisotopic (exact) mass is 504 g/mol. The van der Waals surface area contributed by atoms with E-state index < -0.39 is 0 Å². The molecule has 0 spiro atoms. The summed E-state index contributed by atoms with van der Waals surface area (Å²) in [5.74, 6) is 1.23. The molecule has 2 aromatic carbocycles. The van der Waals surface area contributed by atoms with Crippen LogP contribution in [-0.4, -0.2) is 24.7 Å². The summed E-state index contributed by atoms with van der Waals surface area (Å²) in [5, 5.41) is 17.5. The third-order valence-corrected chi connectivity index (χ3v) is 6.05. The summed E-state index contributed by atoms with van der Waals surface area (Å²) >= 11 is 24.2. The average molecular weight is 506 g/mol. The molecule has 0 amide bonds. The lowest BCUT2D eigenvalue weighted by atomic mass is 10.2. The van der Waals surface area contributed by atoms with Crippen LogP contribution in [0.5, 0.6) is 0 Å². The van der Waals surface area contributed by atoms with Gasteiger partial charge in [-0.3, -0.25) is 9.36 Å². The van der Waals surface area contributed by atoms with Crippen LogP contribution in [0.4, 0.5) is 11.6 Å². The molecule has 4 rings (SSSR count). The Bertz CT molecular complexity index is 1250. The summed E-state index contributed by atoms with van der Waals surface area (Å²) in [6, 6.07) is 16.9. The summed E-state index contributed by atoms with van der Waals surface area (Å²) < 4.78 is 3.61. The summed E-state index contributed by atoms with van der Waals surface area (Å²) in [6.45, 7) is 2.98. The highest BCUT2D eigenvalue weighted by Crippen LogP contribution is 2.26. The molecule has 0 saturated heterocycles. The molecule has 0 aliphatic rings. The van der Waals surface area contributed by atoms with E-state index in [1.165, 1.54) is 0 Å². The fraction of sp³-hybridized carbons (Fsp3) is 0.136. The van der Waals surface area contributed by atoms with Gasteiger partial charge in [-0.1, -0.05) is 59.1 Å². The van der Waals surface area contributed by atoms with Crippen molar-refractivity contribution in [2.75, 3.05) is 10.6 Å². The highest BCUT2D eigenvalue weighted by molar-refractivity contribution is 7.80. The Morgan fingerprint density at radius 2 is 1.56 bits per heavy atom. The van der Waals surface area contributed by atoms with Gasteiger partial charge in [0.2, 0.25) is 0 Å². The van der Waals surface area contributed by atoms with Crippen LogP contribution in [0.25, 0.3) is 0 Å². The largest absolute Gasteiger partial charge is 0.316 e. The van der Waals surface area contributed by atoms with Crippen LogP contribution < -0.4 is 10.6 Å². The molecule has 0 aliphatic carbocycles. The Labute approximate surface area is 206 Å². The van der Waals surface area contributed by atoms with Crippen molar-refractivity contribution >= 4 is 63.8 Å². The number of thiocarbonyl (C=S) groups is 1.